The number of imidazole rings is 1. The van der Waals surface area contributed by atoms with Crippen LogP contribution >= 0.6 is 0 Å². The molecule has 2 aliphatic rings. The van der Waals surface area contributed by atoms with Crippen molar-refractivity contribution in [3.8, 4) is 11.3 Å². The van der Waals surface area contributed by atoms with Crippen LogP contribution in [0.5, 0.6) is 0 Å². The molecular formula is C40H47F2N9. The number of nitrogens with one attached hydrogen (secondary N) is 1. The van der Waals surface area contributed by atoms with E-state index in [4.69, 9.17) is 9.97 Å². The van der Waals surface area contributed by atoms with Crippen molar-refractivity contribution in [2.75, 3.05) is 56.5 Å². The summed E-state index contributed by atoms with van der Waals surface area (Å²) in [5.74, 6) is -0.305. The summed E-state index contributed by atoms with van der Waals surface area (Å²) >= 11 is 0. The summed E-state index contributed by atoms with van der Waals surface area (Å²) in [7, 11) is 4.09. The van der Waals surface area contributed by atoms with Gasteiger partial charge < -0.3 is 19.7 Å². The van der Waals surface area contributed by atoms with E-state index in [2.05, 4.69) is 75.3 Å². The summed E-state index contributed by atoms with van der Waals surface area (Å²) in [6, 6.07) is 14.3. The molecule has 1 saturated heterocycles. The zero-order valence-corrected chi connectivity index (χ0v) is 29.9. The minimum atomic E-state index is -0.541. The fraction of sp³-hybridized carbons (Fsp3) is 0.375. The third-order valence-electron chi connectivity index (χ3n) is 10.3. The van der Waals surface area contributed by atoms with Crippen molar-refractivity contribution in [3.63, 3.8) is 0 Å². The van der Waals surface area contributed by atoms with Crippen LogP contribution in [0.2, 0.25) is 0 Å². The Morgan fingerprint density at radius 3 is 2.47 bits per heavy atom. The molecule has 51 heavy (non-hydrogen) atoms. The topological polar surface area (TPSA) is 70.3 Å². The fourth-order valence-corrected chi connectivity index (χ4v) is 7.30. The number of pyridine rings is 1. The van der Waals surface area contributed by atoms with Crippen molar-refractivity contribution in [1.29, 1.82) is 0 Å². The normalized spacial score (nSPS) is 15.9. The van der Waals surface area contributed by atoms with Crippen molar-refractivity contribution >= 4 is 34.1 Å². The molecule has 7 rings (SSSR count). The molecule has 1 fully saturated rings. The fourth-order valence-electron chi connectivity index (χ4n) is 7.30. The molecule has 1 N–H and O–H groups in total. The maximum Gasteiger partial charge on any atom is 0.208 e. The zero-order chi connectivity index (χ0) is 35.6. The highest BCUT2D eigenvalue weighted by molar-refractivity contribution is 5.85. The lowest BCUT2D eigenvalue weighted by molar-refractivity contribution is 0.239. The van der Waals surface area contributed by atoms with Crippen LogP contribution in [-0.2, 0) is 20.0 Å². The highest BCUT2D eigenvalue weighted by Crippen LogP contribution is 2.31. The molecule has 0 amide bonds. The minimum Gasteiger partial charge on any atom is -0.373 e. The number of aryl methyl sites for hydroxylation is 3. The monoisotopic (exact) mass is 691 g/mol. The van der Waals surface area contributed by atoms with Crippen molar-refractivity contribution < 1.29 is 8.78 Å². The molecule has 5 heterocycles. The number of hydrogen-bond acceptors (Lipinski definition) is 7. The lowest BCUT2D eigenvalue weighted by atomic mass is 10.0. The van der Waals surface area contributed by atoms with Gasteiger partial charge in [-0.15, -0.1) is 0 Å². The Bertz CT molecular complexity index is 2050. The average molecular weight is 692 g/mol. The van der Waals surface area contributed by atoms with E-state index in [1.54, 1.807) is 0 Å². The van der Waals surface area contributed by atoms with Crippen LogP contribution < -0.4 is 10.2 Å². The van der Waals surface area contributed by atoms with Crippen LogP contribution in [0, 0.1) is 18.6 Å². The lowest BCUT2D eigenvalue weighted by Gasteiger charge is -2.37. The number of benzene rings is 2. The molecule has 9 nitrogen and oxygen atoms in total. The van der Waals surface area contributed by atoms with Gasteiger partial charge in [0.1, 0.15) is 11.6 Å². The molecule has 0 unspecified atom stereocenters. The Hall–Kier alpha value is -5.03. The van der Waals surface area contributed by atoms with Crippen LogP contribution in [0.25, 0.3) is 33.7 Å². The Kier molecular flexibility index (Phi) is 9.90. The summed E-state index contributed by atoms with van der Waals surface area (Å²) < 4.78 is 31.8. The summed E-state index contributed by atoms with van der Waals surface area (Å²) in [5, 5.41) is 8.13. The van der Waals surface area contributed by atoms with Crippen molar-refractivity contribution in [2.24, 2.45) is 7.05 Å². The minimum absolute atomic E-state index is 0.541. The van der Waals surface area contributed by atoms with Crippen LogP contribution in [0.15, 0.2) is 67.9 Å². The van der Waals surface area contributed by atoms with Crippen molar-refractivity contribution in [1.82, 2.24) is 34.1 Å². The second kappa shape index (κ2) is 14.7. The van der Waals surface area contributed by atoms with E-state index >= 15 is 0 Å². The Labute approximate surface area is 298 Å². The predicted molar refractivity (Wildman–Crippen MR) is 202 cm³/mol. The summed E-state index contributed by atoms with van der Waals surface area (Å²) in [6.45, 7) is 16.6. The maximum atomic E-state index is 13.8. The molecule has 3 aromatic heterocycles. The first kappa shape index (κ1) is 34.4. The first-order chi connectivity index (χ1) is 24.6. The molecule has 0 atom stereocenters. The molecule has 2 aliphatic heterocycles. The molecule has 0 spiro atoms. The number of likely N-dealkylation sites (N-methyl/N-ethyl adjacent to an activating group) is 1. The maximum absolute atomic E-state index is 13.8. The largest absolute Gasteiger partial charge is 0.373 e. The Balaban J connectivity index is 1.06. The van der Waals surface area contributed by atoms with E-state index < -0.39 is 11.6 Å². The van der Waals surface area contributed by atoms with Gasteiger partial charge in [-0.3, -0.25) is 14.6 Å². The highest BCUT2D eigenvalue weighted by Gasteiger charge is 2.21. The number of piperazine rings is 1. The lowest BCUT2D eigenvalue weighted by Crippen LogP contribution is -2.48. The number of rotatable bonds is 6. The predicted octanol–water partition coefficient (Wildman–Crippen LogP) is 7.34. The standard InChI is InChI=1S/C40H47F2N9/c1-27-20-31-21-37(44-27)35-26-43-48(5)38(35)10-8-6-7-9-13-51-39-22-30(11-12-36(39)46-40(51)45-28(31)2)29(3)47(4)14-15-49-16-18-50(19-17-49)34-24-32(41)23-33(42)25-34/h11-12,20-26H,2-3,6-10,13-19H2,1,4-5H3,(H,45,46). The van der Waals surface area contributed by atoms with Gasteiger partial charge in [-0.1, -0.05) is 32.1 Å². The Morgan fingerprint density at radius 1 is 0.922 bits per heavy atom. The van der Waals surface area contributed by atoms with Gasteiger partial charge in [0.05, 0.1) is 22.9 Å². The smallest absolute Gasteiger partial charge is 0.208 e. The molecule has 0 radical (unpaired) electrons. The van der Waals surface area contributed by atoms with Gasteiger partial charge in [-0.25, -0.2) is 13.8 Å². The third-order valence-corrected chi connectivity index (χ3v) is 10.3. The molecule has 2 aromatic carbocycles. The van der Waals surface area contributed by atoms with Gasteiger partial charge in [0.25, 0.3) is 0 Å². The Morgan fingerprint density at radius 2 is 1.69 bits per heavy atom. The van der Waals surface area contributed by atoms with E-state index in [0.717, 1.165) is 140 Å². The second-order valence-corrected chi connectivity index (χ2v) is 13.9. The van der Waals surface area contributed by atoms with Crippen molar-refractivity contribution in [3.05, 3.63) is 102 Å². The number of nitrogens with zero attached hydrogens (tertiary/aromatic N) is 8. The van der Waals surface area contributed by atoms with Crippen LogP contribution in [0.3, 0.4) is 0 Å². The first-order valence-corrected chi connectivity index (χ1v) is 17.9. The van der Waals surface area contributed by atoms with Crippen LogP contribution in [-0.4, -0.2) is 80.4 Å². The number of aromatic nitrogens is 5. The zero-order valence-electron chi connectivity index (χ0n) is 29.9. The molecule has 0 saturated carbocycles. The number of anilines is 2. The van der Waals surface area contributed by atoms with Gasteiger partial charge in [0.15, 0.2) is 0 Å². The summed E-state index contributed by atoms with van der Waals surface area (Å²) in [6.07, 6.45) is 7.25. The SMILES string of the molecule is C=C1Nc2nc3ccc(C(=C)N(C)CCN4CCN(c5cc(F)cc(F)c5)CC4)cc3n2CCCCCCc2c(cnn2C)-c2cc1cc(C)n2. The van der Waals surface area contributed by atoms with Crippen molar-refractivity contribution in [2.45, 2.75) is 45.6 Å². The van der Waals surface area contributed by atoms with Gasteiger partial charge in [0, 0.05) is 106 Å². The number of hydrogen-bond donors (Lipinski definition) is 1. The van der Waals surface area contributed by atoms with Crippen LogP contribution in [0.1, 0.15) is 48.2 Å². The second-order valence-electron chi connectivity index (χ2n) is 13.9. The molecule has 266 valence electrons. The summed E-state index contributed by atoms with van der Waals surface area (Å²) in [5.41, 5.74) is 10.5. The molecule has 11 heteroatoms. The average Bonchev–Trinajstić information content (AvgIpc) is 3.65. The van der Waals surface area contributed by atoms with E-state index in [1.807, 2.05) is 29.7 Å². The van der Waals surface area contributed by atoms with Gasteiger partial charge in [0.2, 0.25) is 5.95 Å². The van der Waals surface area contributed by atoms with Gasteiger partial charge in [-0.05, 0) is 68.1 Å². The van der Waals surface area contributed by atoms with Crippen LogP contribution in [0.4, 0.5) is 20.4 Å². The molecule has 5 aromatic rings. The molecule has 0 aliphatic carbocycles. The number of fused-ring (bicyclic) bond motifs is 7. The van der Waals surface area contributed by atoms with E-state index in [0.29, 0.717) is 5.69 Å². The summed E-state index contributed by atoms with van der Waals surface area (Å²) in [4.78, 5) is 16.6. The highest BCUT2D eigenvalue weighted by atomic mass is 19.1. The van der Waals surface area contributed by atoms with E-state index in [9.17, 15) is 8.78 Å². The van der Waals surface area contributed by atoms with E-state index in [1.165, 1.54) is 17.8 Å². The molecule has 2 bridgehead atoms. The molecular weight excluding hydrogens is 644 g/mol. The van der Waals surface area contributed by atoms with Gasteiger partial charge in [-0.2, -0.15) is 5.10 Å². The van der Waals surface area contributed by atoms with Gasteiger partial charge >= 0.3 is 0 Å². The first-order valence-electron chi connectivity index (χ1n) is 17.9. The third kappa shape index (κ3) is 7.54. The quantitative estimate of drug-likeness (QED) is 0.200. The number of halogens is 2. The van der Waals surface area contributed by atoms with E-state index in [-0.39, 0.29) is 0 Å².